The van der Waals surface area contributed by atoms with Gasteiger partial charge in [0.05, 0.1) is 0 Å². The summed E-state index contributed by atoms with van der Waals surface area (Å²) in [6.07, 6.45) is 3.80. The molecule has 88 valence electrons. The molecule has 1 aliphatic carbocycles. The van der Waals surface area contributed by atoms with Crippen molar-refractivity contribution < 1.29 is 4.39 Å². The lowest BCUT2D eigenvalue weighted by atomic mass is 9.97. The Morgan fingerprint density at radius 1 is 1.44 bits per heavy atom. The zero-order valence-electron chi connectivity index (χ0n) is 9.74. The van der Waals surface area contributed by atoms with Crippen LogP contribution in [-0.2, 0) is 6.42 Å². The molecular formula is C13H17BrFN. The zero-order chi connectivity index (χ0) is 11.9. The first-order valence-corrected chi connectivity index (χ1v) is 6.45. The summed E-state index contributed by atoms with van der Waals surface area (Å²) in [7, 11) is 0. The fraction of sp³-hybridized carbons (Fsp3) is 0.538. The lowest BCUT2D eigenvalue weighted by Gasteiger charge is -2.14. The van der Waals surface area contributed by atoms with Gasteiger partial charge in [-0.05, 0) is 62.3 Å². The van der Waals surface area contributed by atoms with Gasteiger partial charge in [-0.2, -0.15) is 0 Å². The Morgan fingerprint density at radius 2 is 2.06 bits per heavy atom. The number of hydrogen-bond donors (Lipinski definition) is 1. The lowest BCUT2D eigenvalue weighted by Crippen LogP contribution is -2.22. The highest BCUT2D eigenvalue weighted by molar-refractivity contribution is 9.10. The van der Waals surface area contributed by atoms with E-state index in [4.69, 9.17) is 5.73 Å². The Hall–Kier alpha value is -0.410. The molecule has 1 nitrogen and oxygen atoms in total. The van der Waals surface area contributed by atoms with Gasteiger partial charge in [0.2, 0.25) is 0 Å². The molecule has 0 bridgehead atoms. The van der Waals surface area contributed by atoms with E-state index in [1.165, 1.54) is 0 Å². The molecular weight excluding hydrogens is 269 g/mol. The average Bonchev–Trinajstić information content (AvgIpc) is 2.94. The normalized spacial score (nSPS) is 17.6. The van der Waals surface area contributed by atoms with Crippen LogP contribution in [0, 0.1) is 19.7 Å². The second-order valence-electron chi connectivity index (χ2n) is 4.96. The Morgan fingerprint density at radius 3 is 2.62 bits per heavy atom. The summed E-state index contributed by atoms with van der Waals surface area (Å²) in [5, 5.41) is 0. The molecule has 0 aliphatic heterocycles. The molecule has 1 fully saturated rings. The van der Waals surface area contributed by atoms with Crippen LogP contribution in [0.4, 0.5) is 4.39 Å². The van der Waals surface area contributed by atoms with Gasteiger partial charge in [-0.1, -0.05) is 15.9 Å². The van der Waals surface area contributed by atoms with E-state index in [1.54, 1.807) is 6.92 Å². The first-order chi connectivity index (χ1) is 7.43. The summed E-state index contributed by atoms with van der Waals surface area (Å²) >= 11 is 3.47. The number of nitrogens with two attached hydrogens (primary N) is 1. The molecule has 1 saturated carbocycles. The Labute approximate surface area is 104 Å². The summed E-state index contributed by atoms with van der Waals surface area (Å²) in [6.45, 7) is 3.76. The maximum atomic E-state index is 14.0. The van der Waals surface area contributed by atoms with E-state index in [0.717, 1.165) is 41.3 Å². The van der Waals surface area contributed by atoms with Crippen LogP contribution in [0.1, 0.15) is 36.0 Å². The van der Waals surface area contributed by atoms with E-state index in [0.29, 0.717) is 5.56 Å². The van der Waals surface area contributed by atoms with Crippen molar-refractivity contribution in [1.82, 2.24) is 0 Å². The Balaban J connectivity index is 2.24. The van der Waals surface area contributed by atoms with Crippen molar-refractivity contribution in [3.63, 3.8) is 0 Å². The molecule has 0 aromatic heterocycles. The average molecular weight is 286 g/mol. The minimum Gasteiger partial charge on any atom is -0.325 e. The van der Waals surface area contributed by atoms with Crippen molar-refractivity contribution in [3.8, 4) is 0 Å². The quantitative estimate of drug-likeness (QED) is 0.902. The first kappa shape index (κ1) is 12.1. The second kappa shape index (κ2) is 4.11. The van der Waals surface area contributed by atoms with Crippen LogP contribution in [0.15, 0.2) is 10.5 Å². The number of rotatable bonds is 3. The molecule has 3 heteroatoms. The Bertz CT molecular complexity index is 398. The van der Waals surface area contributed by atoms with Crippen LogP contribution in [0.3, 0.4) is 0 Å². The van der Waals surface area contributed by atoms with Gasteiger partial charge in [0.1, 0.15) is 5.82 Å². The largest absolute Gasteiger partial charge is 0.325 e. The third-order valence-corrected chi connectivity index (χ3v) is 4.35. The van der Waals surface area contributed by atoms with Crippen molar-refractivity contribution >= 4 is 15.9 Å². The maximum Gasteiger partial charge on any atom is 0.129 e. The standard InChI is InChI=1S/C13H17BrFN/c1-8-7-11(14)9(2)10(12(8)15)3-4-13(16)5-6-13/h7H,3-6,16H2,1-2H3. The fourth-order valence-electron chi connectivity index (χ4n) is 1.99. The molecule has 0 amide bonds. The lowest BCUT2D eigenvalue weighted by molar-refractivity contribution is 0.563. The molecule has 2 rings (SSSR count). The van der Waals surface area contributed by atoms with Crippen LogP contribution in [-0.4, -0.2) is 5.54 Å². The van der Waals surface area contributed by atoms with E-state index in [1.807, 2.05) is 13.0 Å². The van der Waals surface area contributed by atoms with Crippen molar-refractivity contribution in [2.45, 2.75) is 45.1 Å². The number of aryl methyl sites for hydroxylation is 1. The number of halogens is 2. The number of benzene rings is 1. The smallest absolute Gasteiger partial charge is 0.129 e. The molecule has 1 aromatic rings. The van der Waals surface area contributed by atoms with Gasteiger partial charge in [-0.15, -0.1) is 0 Å². The molecule has 0 heterocycles. The topological polar surface area (TPSA) is 26.0 Å². The summed E-state index contributed by atoms with van der Waals surface area (Å²) in [5.74, 6) is -0.0649. The van der Waals surface area contributed by atoms with Crippen molar-refractivity contribution in [2.24, 2.45) is 5.73 Å². The minimum absolute atomic E-state index is 0.00486. The zero-order valence-corrected chi connectivity index (χ0v) is 11.3. The van der Waals surface area contributed by atoms with Crippen molar-refractivity contribution in [2.75, 3.05) is 0 Å². The van der Waals surface area contributed by atoms with E-state index in [9.17, 15) is 4.39 Å². The van der Waals surface area contributed by atoms with E-state index < -0.39 is 0 Å². The summed E-state index contributed by atoms with van der Waals surface area (Å²) in [4.78, 5) is 0. The van der Waals surface area contributed by atoms with Gasteiger partial charge >= 0.3 is 0 Å². The molecule has 16 heavy (non-hydrogen) atoms. The SMILES string of the molecule is Cc1cc(Br)c(C)c(CCC2(N)CC2)c1F. The summed E-state index contributed by atoms with van der Waals surface area (Å²) in [6, 6.07) is 1.84. The van der Waals surface area contributed by atoms with Gasteiger partial charge in [0.15, 0.2) is 0 Å². The predicted molar refractivity (Wildman–Crippen MR) is 68.0 cm³/mol. The molecule has 0 unspecified atom stereocenters. The fourth-order valence-corrected chi connectivity index (χ4v) is 2.57. The third kappa shape index (κ3) is 2.30. The molecule has 0 radical (unpaired) electrons. The molecule has 1 aromatic carbocycles. The van der Waals surface area contributed by atoms with Crippen LogP contribution < -0.4 is 5.73 Å². The molecule has 0 saturated heterocycles. The van der Waals surface area contributed by atoms with Gasteiger partial charge in [0.25, 0.3) is 0 Å². The van der Waals surface area contributed by atoms with Gasteiger partial charge in [-0.25, -0.2) is 4.39 Å². The van der Waals surface area contributed by atoms with Crippen LogP contribution in [0.5, 0.6) is 0 Å². The van der Waals surface area contributed by atoms with Gasteiger partial charge in [-0.3, -0.25) is 0 Å². The monoisotopic (exact) mass is 285 g/mol. The van der Waals surface area contributed by atoms with Gasteiger partial charge in [0, 0.05) is 10.0 Å². The maximum absolute atomic E-state index is 14.0. The predicted octanol–water partition coefficient (Wildman–Crippen LogP) is 3.63. The Kier molecular flexibility index (Phi) is 3.10. The highest BCUT2D eigenvalue weighted by atomic mass is 79.9. The van der Waals surface area contributed by atoms with Crippen LogP contribution >= 0.6 is 15.9 Å². The van der Waals surface area contributed by atoms with E-state index in [-0.39, 0.29) is 11.4 Å². The third-order valence-electron chi connectivity index (χ3n) is 3.53. The van der Waals surface area contributed by atoms with Crippen LogP contribution in [0.2, 0.25) is 0 Å². The highest BCUT2D eigenvalue weighted by Crippen LogP contribution is 2.37. The van der Waals surface area contributed by atoms with Crippen molar-refractivity contribution in [1.29, 1.82) is 0 Å². The first-order valence-electron chi connectivity index (χ1n) is 5.66. The van der Waals surface area contributed by atoms with Crippen molar-refractivity contribution in [3.05, 3.63) is 33.0 Å². The summed E-state index contributed by atoms with van der Waals surface area (Å²) in [5.41, 5.74) is 8.56. The number of hydrogen-bond acceptors (Lipinski definition) is 1. The molecule has 1 aliphatic rings. The van der Waals surface area contributed by atoms with Crippen LogP contribution in [0.25, 0.3) is 0 Å². The minimum atomic E-state index is -0.0649. The van der Waals surface area contributed by atoms with E-state index in [2.05, 4.69) is 15.9 Å². The van der Waals surface area contributed by atoms with E-state index >= 15 is 0 Å². The molecule has 2 N–H and O–H groups in total. The second-order valence-corrected chi connectivity index (χ2v) is 5.81. The van der Waals surface area contributed by atoms with Gasteiger partial charge < -0.3 is 5.73 Å². The highest BCUT2D eigenvalue weighted by Gasteiger charge is 2.37. The molecule has 0 atom stereocenters. The molecule has 0 spiro atoms. The summed E-state index contributed by atoms with van der Waals surface area (Å²) < 4.78 is 15.0.